The SMILES string of the molecule is CCC(C)NC(=O)C(CC)N(Cc1ccc(Cl)cc1Cl)C(=O)Cc1c(F)cccc1Cl. The maximum Gasteiger partial charge on any atom is 0.243 e. The van der Waals surface area contributed by atoms with Gasteiger partial charge in [-0.1, -0.05) is 60.8 Å². The lowest BCUT2D eigenvalue weighted by atomic mass is 10.1. The van der Waals surface area contributed by atoms with Gasteiger partial charge in [0.15, 0.2) is 0 Å². The van der Waals surface area contributed by atoms with Gasteiger partial charge in [-0.3, -0.25) is 9.59 Å². The first-order valence-corrected chi connectivity index (χ1v) is 11.3. The second-order valence-electron chi connectivity index (χ2n) is 7.38. The van der Waals surface area contributed by atoms with E-state index >= 15 is 0 Å². The Morgan fingerprint density at radius 1 is 1.06 bits per heavy atom. The molecule has 0 heterocycles. The molecule has 0 aliphatic heterocycles. The molecule has 0 fully saturated rings. The van der Waals surface area contributed by atoms with E-state index in [1.54, 1.807) is 18.2 Å². The molecule has 0 aliphatic carbocycles. The third kappa shape index (κ3) is 6.83. The van der Waals surface area contributed by atoms with Crippen LogP contribution < -0.4 is 5.32 Å². The maximum absolute atomic E-state index is 14.3. The van der Waals surface area contributed by atoms with Crippen LogP contribution in [0.15, 0.2) is 36.4 Å². The molecular formula is C23H26Cl3FN2O2. The maximum atomic E-state index is 14.3. The molecule has 2 amide bonds. The largest absolute Gasteiger partial charge is 0.352 e. The van der Waals surface area contributed by atoms with Gasteiger partial charge >= 0.3 is 0 Å². The quantitative estimate of drug-likeness (QED) is 0.468. The zero-order valence-electron chi connectivity index (χ0n) is 17.7. The van der Waals surface area contributed by atoms with Gasteiger partial charge in [-0.2, -0.15) is 0 Å². The Kier molecular flexibility index (Phi) is 9.60. The number of amides is 2. The molecule has 168 valence electrons. The summed E-state index contributed by atoms with van der Waals surface area (Å²) >= 11 is 18.4. The minimum absolute atomic E-state index is 0.0429. The summed E-state index contributed by atoms with van der Waals surface area (Å²) in [5.74, 6) is -1.26. The lowest BCUT2D eigenvalue weighted by molar-refractivity contribution is -0.141. The van der Waals surface area contributed by atoms with Crippen molar-refractivity contribution in [1.29, 1.82) is 0 Å². The highest BCUT2D eigenvalue weighted by molar-refractivity contribution is 6.35. The first-order valence-electron chi connectivity index (χ1n) is 10.1. The van der Waals surface area contributed by atoms with Crippen molar-refractivity contribution in [2.45, 2.75) is 58.7 Å². The third-order valence-corrected chi connectivity index (χ3v) is 6.07. The van der Waals surface area contributed by atoms with E-state index in [2.05, 4.69) is 5.32 Å². The molecule has 2 aromatic rings. The van der Waals surface area contributed by atoms with Crippen molar-refractivity contribution in [2.75, 3.05) is 0 Å². The molecule has 0 radical (unpaired) electrons. The van der Waals surface area contributed by atoms with Gasteiger partial charge in [-0.25, -0.2) is 4.39 Å². The van der Waals surface area contributed by atoms with Gasteiger partial charge in [0.1, 0.15) is 11.9 Å². The number of hydrogen-bond donors (Lipinski definition) is 1. The molecule has 0 saturated heterocycles. The highest BCUT2D eigenvalue weighted by Gasteiger charge is 2.30. The van der Waals surface area contributed by atoms with E-state index in [-0.39, 0.29) is 35.5 Å². The monoisotopic (exact) mass is 486 g/mol. The number of benzene rings is 2. The summed E-state index contributed by atoms with van der Waals surface area (Å²) in [6.07, 6.45) is 0.859. The van der Waals surface area contributed by atoms with Crippen LogP contribution in [0.3, 0.4) is 0 Å². The molecular weight excluding hydrogens is 462 g/mol. The number of nitrogens with one attached hydrogen (secondary N) is 1. The summed E-state index contributed by atoms with van der Waals surface area (Å²) in [6.45, 7) is 5.75. The van der Waals surface area contributed by atoms with Gasteiger partial charge < -0.3 is 10.2 Å². The van der Waals surface area contributed by atoms with Crippen LogP contribution in [0.2, 0.25) is 15.1 Å². The summed E-state index contributed by atoms with van der Waals surface area (Å²) in [4.78, 5) is 27.7. The van der Waals surface area contributed by atoms with Crippen LogP contribution in [0.5, 0.6) is 0 Å². The molecule has 1 N–H and O–H groups in total. The van der Waals surface area contributed by atoms with Crippen molar-refractivity contribution >= 4 is 46.6 Å². The number of carbonyl (C=O) groups excluding carboxylic acids is 2. The van der Waals surface area contributed by atoms with Gasteiger partial charge in [0.2, 0.25) is 11.8 Å². The van der Waals surface area contributed by atoms with Gasteiger partial charge in [0.05, 0.1) is 6.42 Å². The fourth-order valence-electron chi connectivity index (χ4n) is 3.15. The van der Waals surface area contributed by atoms with E-state index in [0.717, 1.165) is 6.42 Å². The fraction of sp³-hybridized carbons (Fsp3) is 0.391. The second-order valence-corrected chi connectivity index (χ2v) is 8.63. The zero-order chi connectivity index (χ0) is 23.1. The minimum Gasteiger partial charge on any atom is -0.352 e. The number of carbonyl (C=O) groups is 2. The third-order valence-electron chi connectivity index (χ3n) is 5.13. The van der Waals surface area contributed by atoms with Crippen LogP contribution in [0.1, 0.15) is 44.7 Å². The molecule has 2 aromatic carbocycles. The van der Waals surface area contributed by atoms with E-state index in [4.69, 9.17) is 34.8 Å². The lowest BCUT2D eigenvalue weighted by Crippen LogP contribution is -2.51. The van der Waals surface area contributed by atoms with Crippen LogP contribution in [-0.4, -0.2) is 28.8 Å². The Morgan fingerprint density at radius 2 is 1.77 bits per heavy atom. The predicted molar refractivity (Wildman–Crippen MR) is 124 cm³/mol. The molecule has 2 rings (SSSR count). The summed E-state index contributed by atoms with van der Waals surface area (Å²) < 4.78 is 14.3. The number of halogens is 4. The van der Waals surface area contributed by atoms with Crippen molar-refractivity contribution in [3.8, 4) is 0 Å². The van der Waals surface area contributed by atoms with Crippen molar-refractivity contribution in [3.05, 3.63) is 68.4 Å². The van der Waals surface area contributed by atoms with Crippen molar-refractivity contribution in [3.63, 3.8) is 0 Å². The first-order chi connectivity index (χ1) is 14.7. The van der Waals surface area contributed by atoms with E-state index in [1.165, 1.54) is 23.1 Å². The first kappa shape index (κ1) is 25.4. The topological polar surface area (TPSA) is 49.4 Å². The van der Waals surface area contributed by atoms with Gasteiger partial charge in [0, 0.05) is 33.2 Å². The summed E-state index contributed by atoms with van der Waals surface area (Å²) in [5.41, 5.74) is 0.729. The lowest BCUT2D eigenvalue weighted by Gasteiger charge is -2.32. The Balaban J connectivity index is 2.40. The molecule has 0 spiro atoms. The van der Waals surface area contributed by atoms with Crippen molar-refractivity contribution in [2.24, 2.45) is 0 Å². The second kappa shape index (κ2) is 11.7. The Labute approximate surface area is 197 Å². The highest BCUT2D eigenvalue weighted by Crippen LogP contribution is 2.25. The van der Waals surface area contributed by atoms with Crippen LogP contribution in [0.25, 0.3) is 0 Å². The van der Waals surface area contributed by atoms with E-state index in [1.807, 2.05) is 20.8 Å². The van der Waals surface area contributed by atoms with Crippen LogP contribution in [0.4, 0.5) is 4.39 Å². The molecule has 2 atom stereocenters. The summed E-state index contributed by atoms with van der Waals surface area (Å²) in [5, 5.41) is 3.93. The van der Waals surface area contributed by atoms with E-state index < -0.39 is 17.8 Å². The summed E-state index contributed by atoms with van der Waals surface area (Å²) in [7, 11) is 0. The number of hydrogen-bond acceptors (Lipinski definition) is 2. The molecule has 0 aromatic heterocycles. The van der Waals surface area contributed by atoms with Crippen LogP contribution in [-0.2, 0) is 22.6 Å². The average Bonchev–Trinajstić information content (AvgIpc) is 2.71. The molecule has 0 saturated carbocycles. The minimum atomic E-state index is -0.751. The van der Waals surface area contributed by atoms with Crippen LogP contribution >= 0.6 is 34.8 Å². The molecule has 2 unspecified atom stereocenters. The fourth-order valence-corrected chi connectivity index (χ4v) is 3.85. The predicted octanol–water partition coefficient (Wildman–Crippen LogP) is 6.05. The smallest absolute Gasteiger partial charge is 0.243 e. The van der Waals surface area contributed by atoms with Gasteiger partial charge in [-0.05, 0) is 49.6 Å². The van der Waals surface area contributed by atoms with E-state index in [9.17, 15) is 14.0 Å². The van der Waals surface area contributed by atoms with Gasteiger partial charge in [0.25, 0.3) is 0 Å². The Morgan fingerprint density at radius 3 is 2.35 bits per heavy atom. The normalized spacial score (nSPS) is 12.9. The molecule has 31 heavy (non-hydrogen) atoms. The van der Waals surface area contributed by atoms with Crippen molar-refractivity contribution in [1.82, 2.24) is 10.2 Å². The number of nitrogens with zero attached hydrogens (tertiary/aromatic N) is 1. The molecule has 0 aliphatic rings. The average molecular weight is 488 g/mol. The van der Waals surface area contributed by atoms with Gasteiger partial charge in [-0.15, -0.1) is 0 Å². The Hall–Kier alpha value is -1.82. The van der Waals surface area contributed by atoms with E-state index in [0.29, 0.717) is 22.0 Å². The molecule has 8 heteroatoms. The molecule has 0 bridgehead atoms. The van der Waals surface area contributed by atoms with Crippen molar-refractivity contribution < 1.29 is 14.0 Å². The van der Waals surface area contributed by atoms with Crippen LogP contribution in [0, 0.1) is 5.82 Å². The zero-order valence-corrected chi connectivity index (χ0v) is 20.0. The highest BCUT2D eigenvalue weighted by atomic mass is 35.5. The Bertz CT molecular complexity index is 919. The standard InChI is InChI=1S/C23H26Cl3FN2O2/c1-4-14(3)28-23(31)21(5-2)29(13-15-9-10-16(24)11-19(15)26)22(30)12-17-18(25)7-6-8-20(17)27/h6-11,14,21H,4-5,12-13H2,1-3H3,(H,28,31). The molecule has 4 nitrogen and oxygen atoms in total. The summed E-state index contributed by atoms with van der Waals surface area (Å²) in [6, 6.07) is 8.42. The number of rotatable bonds is 9.